The van der Waals surface area contributed by atoms with Gasteiger partial charge < -0.3 is 9.45 Å². The molecule has 0 amide bonds. The molecule has 0 radical (unpaired) electrons. The van der Waals surface area contributed by atoms with E-state index in [4.69, 9.17) is 0 Å². The summed E-state index contributed by atoms with van der Waals surface area (Å²) >= 11 is -2.21. The highest BCUT2D eigenvalue weighted by Crippen LogP contribution is 2.26. The third kappa shape index (κ3) is 3.96. The first-order chi connectivity index (χ1) is 9.97. The molecule has 0 aromatic heterocycles. The van der Waals surface area contributed by atoms with Crippen LogP contribution in [-0.4, -0.2) is 22.9 Å². The van der Waals surface area contributed by atoms with Crippen molar-refractivity contribution >= 4 is 28.1 Å². The minimum absolute atomic E-state index is 0.237. The lowest BCUT2D eigenvalue weighted by Crippen LogP contribution is -2.08. The number of aryl methyl sites for hydroxylation is 1. The molecule has 0 aliphatic heterocycles. The lowest BCUT2D eigenvalue weighted by Gasteiger charge is -2.13. The van der Waals surface area contributed by atoms with Crippen LogP contribution in [0.5, 0.6) is 0 Å². The molecule has 0 heterocycles. The van der Waals surface area contributed by atoms with Crippen LogP contribution < -0.4 is 4.90 Å². The smallest absolute Gasteiger partial charge is 0.0887 e. The largest absolute Gasteiger partial charge is 0.768 e. The Balaban J connectivity index is 2.19. The van der Waals surface area contributed by atoms with Crippen LogP contribution in [0.3, 0.4) is 0 Å². The molecule has 1 atom stereocenters. The van der Waals surface area contributed by atoms with Gasteiger partial charge in [-0.15, -0.1) is 0 Å². The van der Waals surface area contributed by atoms with Gasteiger partial charge in [-0.05, 0) is 66.0 Å². The van der Waals surface area contributed by atoms with Gasteiger partial charge in [-0.2, -0.15) is 10.2 Å². The van der Waals surface area contributed by atoms with Crippen LogP contribution in [0.4, 0.5) is 17.1 Å². The average Bonchev–Trinajstić information content (AvgIpc) is 2.46. The first-order valence-electron chi connectivity index (χ1n) is 6.36. The standard InChI is InChI=1S/C15H17N3O2S/c1-11-10-13(18(2)3)6-9-15(11)17-16-12-4-7-14(8-5-12)21(19)20/h4-10H,1-3H3,(H,19,20)/p-1. The number of nitrogens with zero attached hydrogens (tertiary/aromatic N) is 3. The second-order valence-electron chi connectivity index (χ2n) is 4.79. The van der Waals surface area contributed by atoms with Crippen molar-refractivity contribution in [2.75, 3.05) is 19.0 Å². The Hall–Kier alpha value is -2.05. The molecule has 21 heavy (non-hydrogen) atoms. The van der Waals surface area contributed by atoms with Gasteiger partial charge in [-0.1, -0.05) is 0 Å². The zero-order chi connectivity index (χ0) is 15.4. The maximum Gasteiger partial charge on any atom is 0.0887 e. The monoisotopic (exact) mass is 302 g/mol. The molecule has 0 saturated heterocycles. The van der Waals surface area contributed by atoms with Gasteiger partial charge >= 0.3 is 0 Å². The van der Waals surface area contributed by atoms with Crippen molar-refractivity contribution in [3.63, 3.8) is 0 Å². The Labute approximate surface area is 126 Å². The molecule has 5 nitrogen and oxygen atoms in total. The van der Waals surface area contributed by atoms with Crippen LogP contribution in [-0.2, 0) is 11.1 Å². The van der Waals surface area contributed by atoms with E-state index in [-0.39, 0.29) is 4.90 Å². The second-order valence-corrected chi connectivity index (χ2v) is 5.73. The zero-order valence-electron chi connectivity index (χ0n) is 12.1. The average molecular weight is 302 g/mol. The van der Waals surface area contributed by atoms with E-state index < -0.39 is 11.1 Å². The summed E-state index contributed by atoms with van der Waals surface area (Å²) < 4.78 is 21.5. The van der Waals surface area contributed by atoms with Crippen molar-refractivity contribution in [1.82, 2.24) is 0 Å². The molecule has 0 saturated carbocycles. The predicted molar refractivity (Wildman–Crippen MR) is 83.3 cm³/mol. The molecule has 0 bridgehead atoms. The Morgan fingerprint density at radius 3 is 2.24 bits per heavy atom. The summed E-state index contributed by atoms with van der Waals surface area (Å²) in [5, 5.41) is 8.33. The zero-order valence-corrected chi connectivity index (χ0v) is 12.9. The number of azo groups is 1. The summed E-state index contributed by atoms with van der Waals surface area (Å²) in [5.41, 5.74) is 3.54. The van der Waals surface area contributed by atoms with Gasteiger partial charge in [0, 0.05) is 24.7 Å². The lowest BCUT2D eigenvalue weighted by molar-refractivity contribution is 0.537. The Bertz CT molecular complexity index is 682. The molecule has 2 aromatic carbocycles. The Kier molecular flexibility index (Phi) is 4.82. The van der Waals surface area contributed by atoms with E-state index in [1.54, 1.807) is 12.1 Å². The van der Waals surface area contributed by atoms with Gasteiger partial charge in [0.05, 0.1) is 11.4 Å². The molecule has 6 heteroatoms. The molecule has 2 rings (SSSR count). The third-order valence-corrected chi connectivity index (χ3v) is 3.66. The molecule has 0 spiro atoms. The third-order valence-electron chi connectivity index (χ3n) is 3.00. The Morgan fingerprint density at radius 1 is 1.05 bits per heavy atom. The van der Waals surface area contributed by atoms with Crippen LogP contribution in [0.1, 0.15) is 5.56 Å². The Morgan fingerprint density at radius 2 is 1.71 bits per heavy atom. The maximum absolute atomic E-state index is 10.8. The minimum Gasteiger partial charge on any atom is -0.768 e. The van der Waals surface area contributed by atoms with Crippen molar-refractivity contribution in [3.05, 3.63) is 48.0 Å². The second kappa shape index (κ2) is 6.60. The van der Waals surface area contributed by atoms with Crippen LogP contribution in [0.2, 0.25) is 0 Å². The molecule has 0 fully saturated rings. The molecule has 1 unspecified atom stereocenters. The highest BCUT2D eigenvalue weighted by Gasteiger charge is 2.01. The van der Waals surface area contributed by atoms with Gasteiger partial charge in [0.1, 0.15) is 0 Å². The quantitative estimate of drug-likeness (QED) is 0.638. The first kappa shape index (κ1) is 15.3. The van der Waals surface area contributed by atoms with Crippen molar-refractivity contribution in [2.45, 2.75) is 11.8 Å². The summed E-state index contributed by atoms with van der Waals surface area (Å²) in [4.78, 5) is 2.26. The van der Waals surface area contributed by atoms with Crippen LogP contribution in [0.15, 0.2) is 57.6 Å². The van der Waals surface area contributed by atoms with Gasteiger partial charge in [0.2, 0.25) is 0 Å². The highest BCUT2D eigenvalue weighted by atomic mass is 32.2. The number of rotatable bonds is 4. The maximum atomic E-state index is 10.8. The molecule has 2 aromatic rings. The summed E-state index contributed by atoms with van der Waals surface area (Å²) in [6.45, 7) is 1.98. The van der Waals surface area contributed by atoms with E-state index in [0.29, 0.717) is 5.69 Å². The number of anilines is 1. The van der Waals surface area contributed by atoms with E-state index >= 15 is 0 Å². The van der Waals surface area contributed by atoms with E-state index in [1.165, 1.54) is 12.1 Å². The fraction of sp³-hybridized carbons (Fsp3) is 0.200. The van der Waals surface area contributed by atoms with Crippen molar-refractivity contribution in [2.24, 2.45) is 10.2 Å². The van der Waals surface area contributed by atoms with E-state index in [9.17, 15) is 8.76 Å². The predicted octanol–water partition coefficient (Wildman–Crippen LogP) is 3.71. The van der Waals surface area contributed by atoms with E-state index in [2.05, 4.69) is 10.2 Å². The minimum atomic E-state index is -2.21. The summed E-state index contributed by atoms with van der Waals surface area (Å²) in [7, 11) is 3.97. The lowest BCUT2D eigenvalue weighted by atomic mass is 10.2. The van der Waals surface area contributed by atoms with E-state index in [1.807, 2.05) is 44.1 Å². The molecule has 0 aliphatic carbocycles. The summed E-state index contributed by atoms with van der Waals surface area (Å²) in [6.07, 6.45) is 0. The summed E-state index contributed by atoms with van der Waals surface area (Å²) in [6, 6.07) is 12.2. The van der Waals surface area contributed by atoms with Gasteiger partial charge in [0.25, 0.3) is 0 Å². The van der Waals surface area contributed by atoms with Gasteiger partial charge in [-0.25, -0.2) is 0 Å². The van der Waals surface area contributed by atoms with Gasteiger partial charge in [-0.3, -0.25) is 4.21 Å². The van der Waals surface area contributed by atoms with Crippen molar-refractivity contribution in [1.29, 1.82) is 0 Å². The fourth-order valence-electron chi connectivity index (χ4n) is 1.77. The normalized spacial score (nSPS) is 12.6. The fourth-order valence-corrected chi connectivity index (χ4v) is 2.12. The number of hydrogen-bond acceptors (Lipinski definition) is 5. The number of hydrogen-bond donors (Lipinski definition) is 0. The first-order valence-corrected chi connectivity index (χ1v) is 7.44. The highest BCUT2D eigenvalue weighted by molar-refractivity contribution is 7.79. The molecular formula is C15H16N3O2S-. The van der Waals surface area contributed by atoms with Crippen LogP contribution in [0, 0.1) is 6.92 Å². The molecule has 0 aliphatic rings. The molecule has 110 valence electrons. The van der Waals surface area contributed by atoms with E-state index in [0.717, 1.165) is 16.9 Å². The number of benzene rings is 2. The van der Waals surface area contributed by atoms with Crippen molar-refractivity contribution in [3.8, 4) is 0 Å². The topological polar surface area (TPSA) is 68.1 Å². The van der Waals surface area contributed by atoms with Crippen LogP contribution >= 0.6 is 0 Å². The van der Waals surface area contributed by atoms with Gasteiger partial charge in [0.15, 0.2) is 0 Å². The molecular weight excluding hydrogens is 286 g/mol. The molecule has 0 N–H and O–H groups in total. The van der Waals surface area contributed by atoms with Crippen LogP contribution in [0.25, 0.3) is 0 Å². The van der Waals surface area contributed by atoms with Crippen molar-refractivity contribution < 1.29 is 8.76 Å². The summed E-state index contributed by atoms with van der Waals surface area (Å²) in [5.74, 6) is 0. The SMILES string of the molecule is Cc1cc(N(C)C)ccc1N=Nc1ccc(S(=O)[O-])cc1.